The average molecular weight is 346 g/mol. The van der Waals surface area contributed by atoms with Gasteiger partial charge >= 0.3 is 17.9 Å². The van der Waals surface area contributed by atoms with Crippen molar-refractivity contribution in [3.63, 3.8) is 0 Å². The Hall–Kier alpha value is -2.63. The van der Waals surface area contributed by atoms with Crippen LogP contribution in [0.4, 0.5) is 0 Å². The predicted molar refractivity (Wildman–Crippen MR) is 89.6 cm³/mol. The van der Waals surface area contributed by atoms with E-state index >= 15 is 0 Å². The molecule has 25 heavy (non-hydrogen) atoms. The van der Waals surface area contributed by atoms with Crippen molar-refractivity contribution in [1.82, 2.24) is 0 Å². The molecule has 1 aliphatic carbocycles. The Morgan fingerprint density at radius 2 is 1.56 bits per heavy atom. The van der Waals surface area contributed by atoms with Gasteiger partial charge in [0.25, 0.3) is 0 Å². The predicted octanol–water partition coefficient (Wildman–Crippen LogP) is 2.23. The van der Waals surface area contributed by atoms with Crippen molar-refractivity contribution in [1.29, 1.82) is 0 Å². The van der Waals surface area contributed by atoms with Crippen LogP contribution < -0.4 is 0 Å². The number of esters is 2. The van der Waals surface area contributed by atoms with Crippen LogP contribution in [-0.4, -0.2) is 36.2 Å². The fraction of sp³-hybridized carbons (Fsp3) is 0.421. The first kappa shape index (κ1) is 18.7. The van der Waals surface area contributed by atoms with Crippen LogP contribution in [0, 0.1) is 17.3 Å². The molecule has 2 rings (SSSR count). The van der Waals surface area contributed by atoms with Crippen LogP contribution >= 0.6 is 0 Å². The highest BCUT2D eigenvalue weighted by Crippen LogP contribution is 2.45. The number of carboxylic acid groups (broad SMARTS) is 1. The molecule has 0 unspecified atom stereocenters. The van der Waals surface area contributed by atoms with Crippen molar-refractivity contribution in [3.05, 3.63) is 48.0 Å². The zero-order valence-electron chi connectivity index (χ0n) is 14.3. The summed E-state index contributed by atoms with van der Waals surface area (Å²) in [5.41, 5.74) is -0.987. The van der Waals surface area contributed by atoms with E-state index in [4.69, 9.17) is 9.47 Å². The number of aliphatic carboxylic acids is 1. The lowest BCUT2D eigenvalue weighted by Gasteiger charge is -2.40. The molecule has 0 spiro atoms. The largest absolute Gasteiger partial charge is 0.481 e. The van der Waals surface area contributed by atoms with Gasteiger partial charge in [-0.3, -0.25) is 14.4 Å². The van der Waals surface area contributed by atoms with Gasteiger partial charge in [-0.2, -0.15) is 0 Å². The third-order valence-electron chi connectivity index (χ3n) is 4.37. The third kappa shape index (κ3) is 3.57. The highest BCUT2D eigenvalue weighted by atomic mass is 16.6. The summed E-state index contributed by atoms with van der Waals surface area (Å²) in [5.74, 6) is -4.34. The number of hydrogen-bond acceptors (Lipinski definition) is 5. The SMILES string of the molecule is CCOC(=O)C(Cc1ccccc1)(C(=O)OCC)[C@@H]1C=C[C@H]1C(=O)O. The molecule has 0 aromatic heterocycles. The summed E-state index contributed by atoms with van der Waals surface area (Å²) in [6.45, 7) is 3.45. The van der Waals surface area contributed by atoms with E-state index in [1.54, 1.807) is 44.2 Å². The van der Waals surface area contributed by atoms with Crippen molar-refractivity contribution in [3.8, 4) is 0 Å². The minimum absolute atomic E-state index is 0.0181. The van der Waals surface area contributed by atoms with Crippen molar-refractivity contribution in [2.24, 2.45) is 17.3 Å². The fourth-order valence-electron chi connectivity index (χ4n) is 3.10. The topological polar surface area (TPSA) is 89.9 Å². The van der Waals surface area contributed by atoms with E-state index in [2.05, 4.69) is 0 Å². The molecule has 0 saturated carbocycles. The van der Waals surface area contributed by atoms with Crippen molar-refractivity contribution >= 4 is 17.9 Å². The van der Waals surface area contributed by atoms with Crippen LogP contribution in [0.2, 0.25) is 0 Å². The lowest BCUT2D eigenvalue weighted by Crippen LogP contribution is -2.54. The molecule has 0 bridgehead atoms. The Balaban J connectivity index is 2.52. The van der Waals surface area contributed by atoms with Gasteiger partial charge in [0, 0.05) is 5.92 Å². The van der Waals surface area contributed by atoms with Crippen LogP contribution in [0.15, 0.2) is 42.5 Å². The second-order valence-corrected chi connectivity index (χ2v) is 5.85. The van der Waals surface area contributed by atoms with Crippen molar-refractivity contribution in [2.45, 2.75) is 20.3 Å². The first-order valence-electron chi connectivity index (χ1n) is 8.26. The molecule has 0 radical (unpaired) electrons. The van der Waals surface area contributed by atoms with Gasteiger partial charge < -0.3 is 14.6 Å². The van der Waals surface area contributed by atoms with Gasteiger partial charge in [0.05, 0.1) is 19.1 Å². The Labute approximate surface area is 146 Å². The average Bonchev–Trinajstić information content (AvgIpc) is 2.53. The molecule has 1 aromatic carbocycles. The van der Waals surface area contributed by atoms with Crippen LogP contribution in [0.5, 0.6) is 0 Å². The van der Waals surface area contributed by atoms with Gasteiger partial charge in [0.15, 0.2) is 5.41 Å². The van der Waals surface area contributed by atoms with Gasteiger partial charge in [-0.25, -0.2) is 0 Å². The Kier molecular flexibility index (Phi) is 5.96. The quantitative estimate of drug-likeness (QED) is 0.441. The van der Waals surface area contributed by atoms with Crippen LogP contribution in [0.1, 0.15) is 19.4 Å². The molecule has 0 amide bonds. The highest BCUT2D eigenvalue weighted by Gasteiger charge is 2.59. The molecule has 6 heteroatoms. The van der Waals surface area contributed by atoms with Crippen LogP contribution in [0.3, 0.4) is 0 Å². The number of carbonyl (C=O) groups excluding carboxylic acids is 2. The standard InChI is InChI=1S/C19H22O6/c1-3-24-17(22)19(18(23)25-4-2,12-13-8-6-5-7-9-13)15-11-10-14(15)16(20)21/h5-11,14-15H,3-4,12H2,1-2H3,(H,20,21)/t14-,15-/m1/s1. The molecule has 1 aliphatic rings. The molecule has 0 heterocycles. The first-order chi connectivity index (χ1) is 12.0. The smallest absolute Gasteiger partial charge is 0.324 e. The van der Waals surface area contributed by atoms with E-state index in [9.17, 15) is 19.5 Å². The second-order valence-electron chi connectivity index (χ2n) is 5.85. The fourth-order valence-corrected chi connectivity index (χ4v) is 3.10. The number of benzene rings is 1. The van der Waals surface area contributed by atoms with Gasteiger partial charge in [-0.15, -0.1) is 0 Å². The van der Waals surface area contributed by atoms with Gasteiger partial charge in [0.1, 0.15) is 0 Å². The molecular formula is C19H22O6. The molecule has 134 valence electrons. The van der Waals surface area contributed by atoms with Gasteiger partial charge in [0.2, 0.25) is 0 Å². The Morgan fingerprint density at radius 1 is 1.00 bits per heavy atom. The minimum Gasteiger partial charge on any atom is -0.481 e. The molecule has 6 nitrogen and oxygen atoms in total. The van der Waals surface area contributed by atoms with E-state index in [1.165, 1.54) is 6.08 Å². The summed E-state index contributed by atoms with van der Waals surface area (Å²) in [6, 6.07) is 8.98. The minimum atomic E-state index is -1.72. The van der Waals surface area contributed by atoms with Crippen LogP contribution in [0.25, 0.3) is 0 Å². The summed E-state index contributed by atoms with van der Waals surface area (Å²) in [4.78, 5) is 37.2. The lowest BCUT2D eigenvalue weighted by atomic mass is 9.61. The molecular weight excluding hydrogens is 324 g/mol. The van der Waals surface area contributed by atoms with Crippen molar-refractivity contribution in [2.75, 3.05) is 13.2 Å². The number of rotatable bonds is 8. The lowest BCUT2D eigenvalue weighted by molar-refractivity contribution is -0.178. The maximum Gasteiger partial charge on any atom is 0.324 e. The van der Waals surface area contributed by atoms with Crippen LogP contribution in [-0.2, 0) is 30.3 Å². The Bertz CT molecular complexity index is 646. The molecule has 0 saturated heterocycles. The highest BCUT2D eigenvalue weighted by molar-refractivity contribution is 6.02. The van der Waals surface area contributed by atoms with Gasteiger partial charge in [-0.1, -0.05) is 42.5 Å². The maximum absolute atomic E-state index is 12.8. The van der Waals surface area contributed by atoms with E-state index in [0.29, 0.717) is 0 Å². The summed E-state index contributed by atoms with van der Waals surface area (Å²) in [6.07, 6.45) is 3.07. The number of carboxylic acids is 1. The van der Waals surface area contributed by atoms with E-state index < -0.39 is 35.2 Å². The number of carbonyl (C=O) groups is 3. The summed E-state index contributed by atoms with van der Waals surface area (Å²) < 4.78 is 10.3. The molecule has 0 fully saturated rings. The number of allylic oxidation sites excluding steroid dienone is 1. The number of hydrogen-bond donors (Lipinski definition) is 1. The summed E-state index contributed by atoms with van der Waals surface area (Å²) >= 11 is 0. The maximum atomic E-state index is 12.8. The Morgan fingerprint density at radius 3 is 1.96 bits per heavy atom. The zero-order chi connectivity index (χ0) is 18.4. The molecule has 1 aromatic rings. The van der Waals surface area contributed by atoms with Gasteiger partial charge in [-0.05, 0) is 25.8 Å². The van der Waals surface area contributed by atoms with E-state index in [0.717, 1.165) is 5.56 Å². The second kappa shape index (κ2) is 7.96. The first-order valence-corrected chi connectivity index (χ1v) is 8.26. The van der Waals surface area contributed by atoms with E-state index in [-0.39, 0.29) is 19.6 Å². The third-order valence-corrected chi connectivity index (χ3v) is 4.37. The monoisotopic (exact) mass is 346 g/mol. The summed E-state index contributed by atoms with van der Waals surface area (Å²) in [7, 11) is 0. The molecule has 0 aliphatic heterocycles. The molecule has 2 atom stereocenters. The van der Waals surface area contributed by atoms with E-state index in [1.807, 2.05) is 6.07 Å². The normalized spacial score (nSPS) is 19.0. The number of ether oxygens (including phenoxy) is 2. The molecule has 1 N–H and O–H groups in total. The zero-order valence-corrected chi connectivity index (χ0v) is 14.3. The van der Waals surface area contributed by atoms with Crippen molar-refractivity contribution < 1.29 is 29.0 Å². The summed E-state index contributed by atoms with van der Waals surface area (Å²) in [5, 5.41) is 9.40.